The number of hydrogen-bond acceptors (Lipinski definition) is 8. The number of ether oxygens (including phenoxy) is 2. The molecular weight excluding hydrogens is 378 g/mol. The van der Waals surface area contributed by atoms with Crippen LogP contribution in [0.5, 0.6) is 11.5 Å². The van der Waals surface area contributed by atoms with Gasteiger partial charge in [0.05, 0.1) is 19.6 Å². The maximum Gasteiger partial charge on any atom is 0.322 e. The van der Waals surface area contributed by atoms with Crippen LogP contribution in [0.2, 0.25) is 0 Å². The minimum Gasteiger partial charge on any atom is -0.497 e. The van der Waals surface area contributed by atoms with Gasteiger partial charge in [-0.05, 0) is 24.3 Å². The quantitative estimate of drug-likeness (QED) is 0.550. The number of nitrogens with zero attached hydrogens (tertiary/aromatic N) is 2. The fourth-order valence-electron chi connectivity index (χ4n) is 2.72. The molecule has 0 bridgehead atoms. The minimum absolute atomic E-state index is 0.142. The molecule has 1 amide bonds. The van der Waals surface area contributed by atoms with Crippen molar-refractivity contribution in [3.05, 3.63) is 64.5 Å². The number of methoxy groups -OCH3 is 2. The number of benzene rings is 2. The number of hydrogen-bond donors (Lipinski definition) is 1. The van der Waals surface area contributed by atoms with Crippen molar-refractivity contribution < 1.29 is 23.1 Å². The first-order valence-electron chi connectivity index (χ1n) is 8.48. The summed E-state index contributed by atoms with van der Waals surface area (Å²) in [5.74, 6) is 0.500. The summed E-state index contributed by atoms with van der Waals surface area (Å²) in [7, 11) is 3.04. The second-order valence-electron chi connectivity index (χ2n) is 5.94. The Bertz CT molecular complexity index is 1240. The molecule has 146 valence electrons. The summed E-state index contributed by atoms with van der Waals surface area (Å²) >= 11 is 0. The monoisotopic (exact) mass is 393 g/mol. The van der Waals surface area contributed by atoms with E-state index in [0.29, 0.717) is 28.0 Å². The van der Waals surface area contributed by atoms with Crippen molar-refractivity contribution >= 4 is 22.9 Å². The fourth-order valence-corrected chi connectivity index (χ4v) is 2.72. The topological polar surface area (TPSA) is 117 Å². The third kappa shape index (κ3) is 3.53. The van der Waals surface area contributed by atoms with Gasteiger partial charge in [-0.1, -0.05) is 17.2 Å². The summed E-state index contributed by atoms with van der Waals surface area (Å²) in [4.78, 5) is 25.0. The van der Waals surface area contributed by atoms with E-state index >= 15 is 0 Å². The lowest BCUT2D eigenvalue weighted by Gasteiger charge is -2.05. The fraction of sp³-hybridized carbons (Fsp3) is 0.100. The zero-order chi connectivity index (χ0) is 20.4. The predicted molar refractivity (Wildman–Crippen MR) is 103 cm³/mol. The molecule has 4 rings (SSSR count). The Morgan fingerprint density at radius 2 is 1.76 bits per heavy atom. The molecule has 2 aromatic heterocycles. The highest BCUT2D eigenvalue weighted by Gasteiger charge is 2.18. The highest BCUT2D eigenvalue weighted by atomic mass is 16.5. The molecule has 2 aromatic carbocycles. The summed E-state index contributed by atoms with van der Waals surface area (Å²) in [5, 5.41) is 10.4. The largest absolute Gasteiger partial charge is 0.497 e. The van der Waals surface area contributed by atoms with Gasteiger partial charge in [0.1, 0.15) is 28.9 Å². The van der Waals surface area contributed by atoms with Gasteiger partial charge in [-0.2, -0.15) is 0 Å². The van der Waals surface area contributed by atoms with Crippen LogP contribution in [0, 0.1) is 0 Å². The third-order valence-corrected chi connectivity index (χ3v) is 4.17. The summed E-state index contributed by atoms with van der Waals surface area (Å²) in [6, 6.07) is 11.5. The molecule has 0 radical (unpaired) electrons. The summed E-state index contributed by atoms with van der Waals surface area (Å²) in [6.07, 6.45) is 1.10. The van der Waals surface area contributed by atoms with Gasteiger partial charge in [0.25, 0.3) is 5.91 Å². The smallest absolute Gasteiger partial charge is 0.322 e. The van der Waals surface area contributed by atoms with Crippen LogP contribution < -0.4 is 20.2 Å². The van der Waals surface area contributed by atoms with Crippen LogP contribution in [0.3, 0.4) is 0 Å². The summed E-state index contributed by atoms with van der Waals surface area (Å²) in [6.45, 7) is 0. The van der Waals surface area contributed by atoms with Gasteiger partial charge in [0, 0.05) is 11.6 Å². The lowest BCUT2D eigenvalue weighted by Crippen LogP contribution is -2.21. The maximum atomic E-state index is 12.5. The number of carbonyl (C=O) groups excluding carboxylic acids is 1. The highest BCUT2D eigenvalue weighted by Crippen LogP contribution is 2.29. The van der Waals surface area contributed by atoms with Gasteiger partial charge in [-0.15, -0.1) is 5.10 Å². The molecule has 2 heterocycles. The van der Waals surface area contributed by atoms with Crippen LogP contribution in [0.25, 0.3) is 22.4 Å². The van der Waals surface area contributed by atoms with Gasteiger partial charge in [0.2, 0.25) is 11.3 Å². The Hall–Kier alpha value is -4.14. The van der Waals surface area contributed by atoms with Crippen molar-refractivity contribution in [2.24, 2.45) is 0 Å². The molecule has 1 N–H and O–H groups in total. The van der Waals surface area contributed by atoms with E-state index in [-0.39, 0.29) is 17.5 Å². The van der Waals surface area contributed by atoms with Crippen LogP contribution >= 0.6 is 0 Å². The van der Waals surface area contributed by atoms with Crippen molar-refractivity contribution in [1.82, 2.24) is 10.2 Å². The predicted octanol–water partition coefficient (Wildman–Crippen LogP) is 3.11. The molecule has 0 saturated carbocycles. The molecule has 9 nitrogen and oxygen atoms in total. The number of para-hydroxylation sites is 1. The number of nitrogens with one attached hydrogen (secondary N) is 1. The first kappa shape index (κ1) is 18.2. The normalized spacial score (nSPS) is 10.7. The van der Waals surface area contributed by atoms with Crippen LogP contribution in [0.1, 0.15) is 10.4 Å². The van der Waals surface area contributed by atoms with Crippen molar-refractivity contribution in [3.63, 3.8) is 0 Å². The van der Waals surface area contributed by atoms with Crippen molar-refractivity contribution in [2.75, 3.05) is 19.5 Å². The molecule has 0 atom stereocenters. The standard InChI is InChI=1S/C20H15N3O6/c1-26-12-7-11(8-13(9-12)27-2)19-22-23-20(29-19)21-18(25)15-10-28-16-6-4-3-5-14(16)17(15)24/h3-10H,1-2H3,(H,21,23,25). The Morgan fingerprint density at radius 1 is 1.03 bits per heavy atom. The van der Waals surface area contributed by atoms with Gasteiger partial charge in [-0.3, -0.25) is 14.9 Å². The van der Waals surface area contributed by atoms with Crippen molar-refractivity contribution in [3.8, 4) is 23.0 Å². The first-order chi connectivity index (χ1) is 14.1. The van der Waals surface area contributed by atoms with E-state index in [2.05, 4.69) is 15.5 Å². The van der Waals surface area contributed by atoms with Crippen molar-refractivity contribution in [1.29, 1.82) is 0 Å². The molecule has 0 aliphatic carbocycles. The molecular formula is C20H15N3O6. The minimum atomic E-state index is -0.720. The van der Waals surface area contributed by atoms with Crippen molar-refractivity contribution in [2.45, 2.75) is 0 Å². The Balaban J connectivity index is 1.61. The molecule has 9 heteroatoms. The summed E-state index contributed by atoms with van der Waals surface area (Å²) in [5.41, 5.74) is 0.300. The lowest BCUT2D eigenvalue weighted by molar-refractivity contribution is 0.102. The van der Waals surface area contributed by atoms with E-state index in [4.69, 9.17) is 18.3 Å². The van der Waals surface area contributed by atoms with E-state index in [1.807, 2.05) is 0 Å². The molecule has 0 spiro atoms. The van der Waals surface area contributed by atoms with Crippen LogP contribution in [0.4, 0.5) is 6.01 Å². The summed E-state index contributed by atoms with van der Waals surface area (Å²) < 4.78 is 21.3. The molecule has 0 unspecified atom stereocenters. The number of rotatable bonds is 5. The zero-order valence-corrected chi connectivity index (χ0v) is 15.5. The number of anilines is 1. The zero-order valence-electron chi connectivity index (χ0n) is 15.5. The Labute approximate surface area is 163 Å². The Morgan fingerprint density at radius 3 is 2.48 bits per heavy atom. The molecule has 0 aliphatic heterocycles. The second kappa shape index (κ2) is 7.47. The van der Waals surface area contributed by atoms with E-state index in [1.165, 1.54) is 14.2 Å². The molecule has 0 aliphatic rings. The number of carbonyl (C=O) groups is 1. The maximum absolute atomic E-state index is 12.5. The molecule has 0 saturated heterocycles. The number of aromatic nitrogens is 2. The van der Waals surface area contributed by atoms with E-state index in [0.717, 1.165) is 6.26 Å². The van der Waals surface area contributed by atoms with E-state index in [1.54, 1.807) is 42.5 Å². The van der Waals surface area contributed by atoms with Crippen LogP contribution in [0.15, 0.2) is 62.4 Å². The third-order valence-electron chi connectivity index (χ3n) is 4.17. The van der Waals surface area contributed by atoms with E-state index in [9.17, 15) is 9.59 Å². The van der Waals surface area contributed by atoms with Gasteiger partial charge in [0.15, 0.2) is 0 Å². The first-order valence-corrected chi connectivity index (χ1v) is 8.48. The second-order valence-corrected chi connectivity index (χ2v) is 5.94. The molecule has 0 fully saturated rings. The molecule has 4 aromatic rings. The lowest BCUT2D eigenvalue weighted by atomic mass is 10.1. The number of amides is 1. The highest BCUT2D eigenvalue weighted by molar-refractivity contribution is 6.04. The van der Waals surface area contributed by atoms with Gasteiger partial charge in [-0.25, -0.2) is 0 Å². The van der Waals surface area contributed by atoms with Crippen LogP contribution in [-0.4, -0.2) is 30.3 Å². The molecule has 29 heavy (non-hydrogen) atoms. The van der Waals surface area contributed by atoms with Gasteiger partial charge >= 0.3 is 6.01 Å². The van der Waals surface area contributed by atoms with E-state index < -0.39 is 11.3 Å². The average molecular weight is 393 g/mol. The van der Waals surface area contributed by atoms with Crippen LogP contribution in [-0.2, 0) is 0 Å². The SMILES string of the molecule is COc1cc(OC)cc(-c2nnc(NC(=O)c3coc4ccccc4c3=O)o2)c1. The average Bonchev–Trinajstić information content (AvgIpc) is 3.22. The van der Waals surface area contributed by atoms with Gasteiger partial charge < -0.3 is 18.3 Å². The Kier molecular flexibility index (Phi) is 4.70. The number of fused-ring (bicyclic) bond motifs is 1.